The Morgan fingerprint density at radius 1 is 1.50 bits per heavy atom. The van der Waals surface area contributed by atoms with Crippen LogP contribution in [-0.4, -0.2) is 34.2 Å². The second kappa shape index (κ2) is 6.10. The zero-order valence-corrected chi connectivity index (χ0v) is 12.5. The summed E-state index contributed by atoms with van der Waals surface area (Å²) < 4.78 is 1.24. The van der Waals surface area contributed by atoms with Gasteiger partial charge >= 0.3 is 0 Å². The molecule has 1 rings (SSSR count). The van der Waals surface area contributed by atoms with E-state index in [-0.39, 0.29) is 5.41 Å². The summed E-state index contributed by atoms with van der Waals surface area (Å²) in [6.07, 6.45) is 0. The fraction of sp³-hybridized carbons (Fsp3) is 0.833. The van der Waals surface area contributed by atoms with Gasteiger partial charge in [-0.25, -0.2) is 0 Å². The Morgan fingerprint density at radius 2 is 2.19 bits per heavy atom. The first-order valence-electron chi connectivity index (χ1n) is 5.77. The molecule has 1 aliphatic rings. The standard InChI is InChI=1S/C12H22N2S2/c1-9(2)14-10(12(3,4)5)8-16-11-13-6-7-15-11/h9H,6-8H2,1-5H3. The quantitative estimate of drug-likeness (QED) is 0.721. The fourth-order valence-corrected chi connectivity index (χ4v) is 3.54. The van der Waals surface area contributed by atoms with Crippen LogP contribution in [0.4, 0.5) is 0 Å². The molecule has 0 aromatic rings. The van der Waals surface area contributed by atoms with E-state index < -0.39 is 0 Å². The van der Waals surface area contributed by atoms with Gasteiger partial charge in [-0.1, -0.05) is 44.3 Å². The van der Waals surface area contributed by atoms with Crippen molar-refractivity contribution in [1.29, 1.82) is 0 Å². The smallest absolute Gasteiger partial charge is 0.125 e. The SMILES string of the molecule is CC(C)N=C(CSC1=NCCS1)C(C)(C)C. The van der Waals surface area contributed by atoms with Crippen LogP contribution in [0.5, 0.6) is 0 Å². The molecule has 0 aromatic carbocycles. The zero-order valence-electron chi connectivity index (χ0n) is 10.9. The molecule has 0 fully saturated rings. The number of hydrogen-bond donors (Lipinski definition) is 0. The zero-order chi connectivity index (χ0) is 12.2. The minimum absolute atomic E-state index is 0.168. The highest BCUT2D eigenvalue weighted by atomic mass is 32.2. The maximum Gasteiger partial charge on any atom is 0.125 e. The highest BCUT2D eigenvalue weighted by Crippen LogP contribution is 2.26. The van der Waals surface area contributed by atoms with Crippen molar-refractivity contribution in [3.63, 3.8) is 0 Å². The van der Waals surface area contributed by atoms with E-state index in [1.165, 1.54) is 10.1 Å². The predicted octanol–water partition coefficient (Wildman–Crippen LogP) is 3.72. The van der Waals surface area contributed by atoms with Crippen molar-refractivity contribution in [1.82, 2.24) is 0 Å². The Labute approximate surface area is 108 Å². The average molecular weight is 258 g/mol. The Bertz CT molecular complexity index is 288. The van der Waals surface area contributed by atoms with Crippen LogP contribution in [0.25, 0.3) is 0 Å². The predicted molar refractivity (Wildman–Crippen MR) is 79.2 cm³/mol. The lowest BCUT2D eigenvalue weighted by molar-refractivity contribution is 0.581. The molecule has 2 nitrogen and oxygen atoms in total. The number of thioether (sulfide) groups is 2. The summed E-state index contributed by atoms with van der Waals surface area (Å²) in [6.45, 7) is 12.0. The highest BCUT2D eigenvalue weighted by Gasteiger charge is 2.20. The molecule has 0 aromatic heterocycles. The molecule has 0 bridgehead atoms. The van der Waals surface area contributed by atoms with Gasteiger partial charge in [-0.3, -0.25) is 9.98 Å². The first-order valence-corrected chi connectivity index (χ1v) is 7.74. The van der Waals surface area contributed by atoms with Crippen LogP contribution in [0.3, 0.4) is 0 Å². The molecule has 0 atom stereocenters. The Hall–Kier alpha value is 0.0400. The van der Waals surface area contributed by atoms with Crippen LogP contribution >= 0.6 is 23.5 Å². The van der Waals surface area contributed by atoms with Crippen molar-refractivity contribution in [2.75, 3.05) is 18.1 Å². The summed E-state index contributed by atoms with van der Waals surface area (Å²) in [7, 11) is 0. The van der Waals surface area contributed by atoms with Gasteiger partial charge in [0.15, 0.2) is 0 Å². The van der Waals surface area contributed by atoms with Crippen molar-refractivity contribution in [3.8, 4) is 0 Å². The Morgan fingerprint density at radius 3 is 2.62 bits per heavy atom. The van der Waals surface area contributed by atoms with E-state index in [0.29, 0.717) is 6.04 Å². The summed E-state index contributed by atoms with van der Waals surface area (Å²) in [5, 5.41) is 0. The molecule has 0 unspecified atom stereocenters. The van der Waals surface area contributed by atoms with Gasteiger partial charge in [0.2, 0.25) is 0 Å². The summed E-state index contributed by atoms with van der Waals surface area (Å²) in [5.74, 6) is 2.13. The van der Waals surface area contributed by atoms with Crippen LogP contribution in [0.1, 0.15) is 34.6 Å². The molecule has 0 saturated carbocycles. The minimum Gasteiger partial charge on any atom is -0.290 e. The second-order valence-corrected chi connectivity index (χ2v) is 7.51. The molecule has 92 valence electrons. The topological polar surface area (TPSA) is 24.7 Å². The lowest BCUT2D eigenvalue weighted by Crippen LogP contribution is -2.24. The summed E-state index contributed by atoms with van der Waals surface area (Å²) in [6, 6.07) is 0.382. The van der Waals surface area contributed by atoms with Crippen LogP contribution in [0.15, 0.2) is 9.98 Å². The maximum absolute atomic E-state index is 4.74. The third kappa shape index (κ3) is 4.91. The van der Waals surface area contributed by atoms with Crippen molar-refractivity contribution < 1.29 is 0 Å². The second-order valence-electron chi connectivity index (χ2n) is 5.20. The van der Waals surface area contributed by atoms with Gasteiger partial charge in [-0.15, -0.1) is 0 Å². The molecular weight excluding hydrogens is 236 g/mol. The van der Waals surface area contributed by atoms with Crippen LogP contribution in [0.2, 0.25) is 0 Å². The van der Waals surface area contributed by atoms with Gasteiger partial charge in [0, 0.05) is 28.7 Å². The third-order valence-corrected chi connectivity index (χ3v) is 4.43. The first-order chi connectivity index (χ1) is 7.39. The van der Waals surface area contributed by atoms with E-state index >= 15 is 0 Å². The van der Waals surface area contributed by atoms with E-state index in [0.717, 1.165) is 18.1 Å². The molecule has 0 amide bonds. The van der Waals surface area contributed by atoms with Gasteiger partial charge in [0.05, 0.1) is 6.54 Å². The molecule has 1 aliphatic heterocycles. The fourth-order valence-electron chi connectivity index (χ4n) is 1.29. The summed E-state index contributed by atoms with van der Waals surface area (Å²) in [5.41, 5.74) is 1.46. The lowest BCUT2D eigenvalue weighted by atomic mass is 9.91. The summed E-state index contributed by atoms with van der Waals surface area (Å²) in [4.78, 5) is 9.20. The largest absolute Gasteiger partial charge is 0.290 e. The minimum atomic E-state index is 0.168. The van der Waals surface area contributed by atoms with Gasteiger partial charge in [0.25, 0.3) is 0 Å². The average Bonchev–Trinajstić information content (AvgIpc) is 2.62. The van der Waals surface area contributed by atoms with Crippen molar-refractivity contribution in [2.24, 2.45) is 15.4 Å². The van der Waals surface area contributed by atoms with Gasteiger partial charge in [-0.05, 0) is 13.8 Å². The normalized spacial score (nSPS) is 18.1. The van der Waals surface area contributed by atoms with Crippen LogP contribution in [-0.2, 0) is 0 Å². The number of rotatable bonds is 3. The molecule has 1 heterocycles. The maximum atomic E-state index is 4.74. The number of aliphatic imine (C=N–C) groups is 2. The van der Waals surface area contributed by atoms with Gasteiger partial charge in [-0.2, -0.15) is 0 Å². The lowest BCUT2D eigenvalue weighted by Gasteiger charge is -2.22. The Kier molecular flexibility index (Phi) is 5.38. The molecule has 0 radical (unpaired) electrons. The molecule has 0 aliphatic carbocycles. The molecule has 0 saturated heterocycles. The van der Waals surface area contributed by atoms with Crippen molar-refractivity contribution in [2.45, 2.75) is 40.7 Å². The molecule has 4 heteroatoms. The molecule has 0 spiro atoms. The molecular formula is C12H22N2S2. The van der Waals surface area contributed by atoms with Crippen LogP contribution < -0.4 is 0 Å². The van der Waals surface area contributed by atoms with Gasteiger partial charge in [0.1, 0.15) is 4.38 Å². The van der Waals surface area contributed by atoms with E-state index in [4.69, 9.17) is 4.99 Å². The van der Waals surface area contributed by atoms with Crippen molar-refractivity contribution in [3.05, 3.63) is 0 Å². The highest BCUT2D eigenvalue weighted by molar-refractivity contribution is 8.39. The van der Waals surface area contributed by atoms with Crippen LogP contribution in [0, 0.1) is 5.41 Å². The van der Waals surface area contributed by atoms with E-state index in [1.807, 2.05) is 23.5 Å². The summed E-state index contributed by atoms with van der Waals surface area (Å²) >= 11 is 3.72. The van der Waals surface area contributed by atoms with Gasteiger partial charge < -0.3 is 0 Å². The van der Waals surface area contributed by atoms with E-state index in [2.05, 4.69) is 39.6 Å². The third-order valence-electron chi connectivity index (χ3n) is 2.17. The number of hydrogen-bond acceptors (Lipinski definition) is 4. The molecule has 0 N–H and O–H groups in total. The first kappa shape index (κ1) is 14.1. The van der Waals surface area contributed by atoms with E-state index in [1.54, 1.807) is 0 Å². The monoisotopic (exact) mass is 258 g/mol. The van der Waals surface area contributed by atoms with E-state index in [9.17, 15) is 0 Å². The van der Waals surface area contributed by atoms with Crippen molar-refractivity contribution >= 4 is 33.6 Å². The number of nitrogens with zero attached hydrogens (tertiary/aromatic N) is 2. The molecule has 16 heavy (non-hydrogen) atoms. The Balaban J connectivity index is 2.57.